The van der Waals surface area contributed by atoms with Crippen LogP contribution in [0.25, 0.3) is 10.9 Å². The van der Waals surface area contributed by atoms with E-state index in [-0.39, 0.29) is 36.2 Å². The molecule has 5 N–H and O–H groups in total. The minimum atomic E-state index is -0.754. The summed E-state index contributed by atoms with van der Waals surface area (Å²) in [6, 6.07) is 5.98. The number of carbonyl (C=O) groups excluding carboxylic acids is 4. The molecule has 12 heteroatoms. The van der Waals surface area contributed by atoms with E-state index < -0.39 is 23.9 Å². The summed E-state index contributed by atoms with van der Waals surface area (Å²) in [6.45, 7) is 1.58. The first-order valence-electron chi connectivity index (χ1n) is 12.3. The van der Waals surface area contributed by atoms with Crippen molar-refractivity contribution >= 4 is 58.5 Å². The van der Waals surface area contributed by atoms with Crippen LogP contribution < -0.4 is 21.3 Å². The zero-order valence-corrected chi connectivity index (χ0v) is 22.5. The van der Waals surface area contributed by atoms with Crippen LogP contribution in [0.2, 0.25) is 5.02 Å². The third-order valence-electron chi connectivity index (χ3n) is 6.98. The molecule has 1 aliphatic carbocycles. The first-order valence-corrected chi connectivity index (χ1v) is 12.7. The Labute approximate surface area is 227 Å². The fourth-order valence-corrected chi connectivity index (χ4v) is 5.20. The second-order valence-corrected chi connectivity index (χ2v) is 10.3. The molecule has 2 fully saturated rings. The van der Waals surface area contributed by atoms with Crippen LogP contribution in [0.4, 0.5) is 0 Å². The average molecular weight is 553 g/mol. The zero-order chi connectivity index (χ0) is 25.8. The van der Waals surface area contributed by atoms with E-state index in [2.05, 4.69) is 26.3 Å². The lowest BCUT2D eigenvalue weighted by Crippen LogP contribution is -2.58. The predicted molar refractivity (Wildman–Crippen MR) is 144 cm³/mol. The SMILES string of the molecule is CN(C)C(=O)[C@H]1CC[C@H](NC(=O)c2cc3cc(Cl)ccc3[nH]2)[C@H](NC(=O)C(=O)NC2CCNCC2)C1.Cl. The number of hydrogen-bond donors (Lipinski definition) is 5. The highest BCUT2D eigenvalue weighted by Gasteiger charge is 2.37. The highest BCUT2D eigenvalue weighted by atomic mass is 35.5. The highest BCUT2D eigenvalue weighted by molar-refractivity contribution is 6.35. The standard InChI is InChI=1S/C25H33ClN6O4.ClH/c1-32(2)25(36)14-3-5-19(30-22(33)21-13-15-11-16(26)4-6-18(15)29-21)20(12-14)31-24(35)23(34)28-17-7-9-27-10-8-17;/h4,6,11,13-14,17,19-20,27,29H,3,5,7-10,12H2,1-2H3,(H,28,34)(H,30,33)(H,31,35);1H/t14-,19-,20+;/m0./s1. The van der Waals surface area contributed by atoms with Gasteiger partial charge in [-0.1, -0.05) is 11.6 Å². The van der Waals surface area contributed by atoms with E-state index >= 15 is 0 Å². The first kappa shape index (κ1) is 28.7. The Morgan fingerprint density at radius 2 is 1.62 bits per heavy atom. The summed E-state index contributed by atoms with van der Waals surface area (Å²) in [5.74, 6) is -2.12. The molecule has 37 heavy (non-hydrogen) atoms. The Morgan fingerprint density at radius 1 is 0.919 bits per heavy atom. The van der Waals surface area contributed by atoms with Gasteiger partial charge in [0, 0.05) is 48.0 Å². The van der Waals surface area contributed by atoms with Crippen molar-refractivity contribution in [2.24, 2.45) is 5.92 Å². The van der Waals surface area contributed by atoms with Gasteiger partial charge < -0.3 is 31.2 Å². The number of carbonyl (C=O) groups is 4. The van der Waals surface area contributed by atoms with E-state index in [1.807, 2.05) is 0 Å². The summed E-state index contributed by atoms with van der Waals surface area (Å²) < 4.78 is 0. The minimum absolute atomic E-state index is 0. The number of nitrogens with one attached hydrogen (secondary N) is 5. The Bertz CT molecular complexity index is 1150. The number of rotatable bonds is 5. The second-order valence-electron chi connectivity index (χ2n) is 9.81. The monoisotopic (exact) mass is 552 g/mol. The van der Waals surface area contributed by atoms with Crippen LogP contribution in [0.1, 0.15) is 42.6 Å². The van der Waals surface area contributed by atoms with Crippen LogP contribution >= 0.6 is 24.0 Å². The Hall–Kier alpha value is -2.82. The van der Waals surface area contributed by atoms with Gasteiger partial charge in [0.15, 0.2) is 0 Å². The van der Waals surface area contributed by atoms with Crippen molar-refractivity contribution in [3.8, 4) is 0 Å². The normalized spacial score (nSPS) is 22.0. The lowest BCUT2D eigenvalue weighted by Gasteiger charge is -2.37. The van der Waals surface area contributed by atoms with Crippen LogP contribution in [0.15, 0.2) is 24.3 Å². The first-order chi connectivity index (χ1) is 17.2. The number of piperidine rings is 1. The van der Waals surface area contributed by atoms with E-state index in [1.165, 1.54) is 4.90 Å². The molecule has 0 radical (unpaired) electrons. The maximum Gasteiger partial charge on any atom is 0.309 e. The number of benzene rings is 1. The Morgan fingerprint density at radius 3 is 2.32 bits per heavy atom. The fraction of sp³-hybridized carbons (Fsp3) is 0.520. The molecule has 1 aromatic heterocycles. The Balaban J connectivity index is 0.00000380. The van der Waals surface area contributed by atoms with Gasteiger partial charge in [0.25, 0.3) is 5.91 Å². The summed E-state index contributed by atoms with van der Waals surface area (Å²) >= 11 is 6.06. The molecule has 2 aromatic rings. The van der Waals surface area contributed by atoms with Gasteiger partial charge >= 0.3 is 11.8 Å². The van der Waals surface area contributed by atoms with Crippen molar-refractivity contribution in [2.45, 2.75) is 50.2 Å². The van der Waals surface area contributed by atoms with Crippen molar-refractivity contribution in [3.63, 3.8) is 0 Å². The van der Waals surface area contributed by atoms with Crippen molar-refractivity contribution < 1.29 is 19.2 Å². The van der Waals surface area contributed by atoms with E-state index in [0.29, 0.717) is 30.0 Å². The summed E-state index contributed by atoms with van der Waals surface area (Å²) in [5.41, 5.74) is 1.15. The highest BCUT2D eigenvalue weighted by Crippen LogP contribution is 2.27. The molecular formula is C25H34Cl2N6O4. The van der Waals surface area contributed by atoms with Crippen molar-refractivity contribution in [3.05, 3.63) is 35.0 Å². The van der Waals surface area contributed by atoms with Gasteiger partial charge in [-0.15, -0.1) is 12.4 Å². The maximum atomic E-state index is 13.1. The van der Waals surface area contributed by atoms with Crippen molar-refractivity contribution in [1.29, 1.82) is 0 Å². The summed E-state index contributed by atoms with van der Waals surface area (Å²) in [7, 11) is 3.39. The number of aromatic nitrogens is 1. The largest absolute Gasteiger partial charge is 0.351 e. The van der Waals surface area contributed by atoms with Crippen LogP contribution in [0.5, 0.6) is 0 Å². The summed E-state index contributed by atoms with van der Waals surface area (Å²) in [4.78, 5) is 55.7. The van der Waals surface area contributed by atoms with Crippen LogP contribution in [-0.2, 0) is 14.4 Å². The molecule has 1 saturated carbocycles. The number of hydrogen-bond acceptors (Lipinski definition) is 5. The topological polar surface area (TPSA) is 135 Å². The fourth-order valence-electron chi connectivity index (χ4n) is 5.02. The van der Waals surface area contributed by atoms with Gasteiger partial charge in [-0.3, -0.25) is 19.2 Å². The van der Waals surface area contributed by atoms with Gasteiger partial charge in [0.05, 0.1) is 6.04 Å². The number of aromatic amines is 1. The molecule has 2 heterocycles. The van der Waals surface area contributed by atoms with Gasteiger partial charge in [0.2, 0.25) is 5.91 Å². The van der Waals surface area contributed by atoms with E-state index in [9.17, 15) is 19.2 Å². The smallest absolute Gasteiger partial charge is 0.309 e. The Kier molecular flexibility index (Phi) is 9.80. The molecule has 0 bridgehead atoms. The van der Waals surface area contributed by atoms with E-state index in [1.54, 1.807) is 38.4 Å². The molecule has 4 rings (SSSR count). The van der Waals surface area contributed by atoms with Crippen LogP contribution in [0, 0.1) is 5.92 Å². The molecule has 10 nitrogen and oxygen atoms in total. The van der Waals surface area contributed by atoms with E-state index in [4.69, 9.17) is 11.6 Å². The zero-order valence-electron chi connectivity index (χ0n) is 20.9. The number of fused-ring (bicyclic) bond motifs is 1. The van der Waals surface area contributed by atoms with Crippen LogP contribution in [-0.4, -0.2) is 78.8 Å². The number of nitrogens with zero attached hydrogens (tertiary/aromatic N) is 1. The number of halogens is 2. The number of amides is 4. The maximum absolute atomic E-state index is 13.1. The predicted octanol–water partition coefficient (Wildman–Crippen LogP) is 1.58. The van der Waals surface area contributed by atoms with Crippen LogP contribution in [0.3, 0.4) is 0 Å². The lowest BCUT2D eigenvalue weighted by molar-refractivity contribution is -0.141. The average Bonchev–Trinajstić information content (AvgIpc) is 3.28. The lowest BCUT2D eigenvalue weighted by atomic mass is 9.81. The van der Waals surface area contributed by atoms with Crippen molar-refractivity contribution in [1.82, 2.24) is 31.2 Å². The molecular weight excluding hydrogens is 519 g/mol. The molecule has 2 aliphatic rings. The van der Waals surface area contributed by atoms with Gasteiger partial charge in [-0.25, -0.2) is 0 Å². The minimum Gasteiger partial charge on any atom is -0.351 e. The van der Waals surface area contributed by atoms with E-state index in [0.717, 1.165) is 36.8 Å². The van der Waals surface area contributed by atoms with Gasteiger partial charge in [0.1, 0.15) is 5.69 Å². The molecule has 4 amide bonds. The molecule has 1 aliphatic heterocycles. The van der Waals surface area contributed by atoms with Gasteiger partial charge in [-0.05, 0) is 69.5 Å². The molecule has 1 saturated heterocycles. The summed E-state index contributed by atoms with van der Waals surface area (Å²) in [5, 5.41) is 13.2. The molecule has 0 spiro atoms. The third kappa shape index (κ3) is 7.15. The quantitative estimate of drug-likeness (QED) is 0.359. The third-order valence-corrected chi connectivity index (χ3v) is 7.22. The molecule has 202 valence electrons. The van der Waals surface area contributed by atoms with Gasteiger partial charge in [-0.2, -0.15) is 0 Å². The molecule has 1 aromatic carbocycles. The number of H-pyrrole nitrogens is 1. The summed E-state index contributed by atoms with van der Waals surface area (Å²) in [6.07, 6.45) is 2.91. The molecule has 3 atom stereocenters. The van der Waals surface area contributed by atoms with Crippen molar-refractivity contribution in [2.75, 3.05) is 27.2 Å². The molecule has 0 unspecified atom stereocenters. The second kappa shape index (κ2) is 12.6.